The van der Waals surface area contributed by atoms with Crippen LogP contribution < -0.4 is 4.72 Å². The van der Waals surface area contributed by atoms with E-state index in [0.717, 1.165) is 10.9 Å². The van der Waals surface area contributed by atoms with E-state index in [1.165, 1.54) is 7.05 Å². The van der Waals surface area contributed by atoms with Gasteiger partial charge in [0.05, 0.1) is 0 Å². The average molecular weight is 224 g/mol. The van der Waals surface area contributed by atoms with E-state index in [1.807, 2.05) is 25.2 Å². The number of aromatic nitrogens is 1. The van der Waals surface area contributed by atoms with Gasteiger partial charge in [-0.2, -0.15) is 0 Å². The van der Waals surface area contributed by atoms with Crippen molar-refractivity contribution in [2.24, 2.45) is 7.05 Å². The molecule has 0 fully saturated rings. The Morgan fingerprint density at radius 2 is 1.93 bits per heavy atom. The highest BCUT2D eigenvalue weighted by atomic mass is 32.2. The van der Waals surface area contributed by atoms with Gasteiger partial charge in [-0.05, 0) is 13.1 Å². The summed E-state index contributed by atoms with van der Waals surface area (Å²) in [7, 11) is -0.131. The number of benzene rings is 1. The lowest BCUT2D eigenvalue weighted by atomic mass is 10.2. The van der Waals surface area contributed by atoms with Gasteiger partial charge in [-0.3, -0.25) is 0 Å². The Hall–Kier alpha value is -1.33. The van der Waals surface area contributed by atoms with E-state index >= 15 is 0 Å². The van der Waals surface area contributed by atoms with Gasteiger partial charge in [-0.1, -0.05) is 18.2 Å². The van der Waals surface area contributed by atoms with Gasteiger partial charge in [0.15, 0.2) is 0 Å². The Kier molecular flexibility index (Phi) is 2.28. The van der Waals surface area contributed by atoms with Crippen molar-refractivity contribution in [1.29, 1.82) is 0 Å². The lowest BCUT2D eigenvalue weighted by molar-refractivity contribution is 0.589. The first-order valence-electron chi connectivity index (χ1n) is 4.54. The third kappa shape index (κ3) is 1.53. The molecule has 0 atom stereocenters. The standard InChI is InChI=1S/C10H12N2O2S/c1-11-15(13,14)10-7-12(2)9-6-4-3-5-8(9)10/h3-7,11H,1-2H3. The second-order valence-electron chi connectivity index (χ2n) is 3.33. The molecule has 1 aromatic carbocycles. The summed E-state index contributed by atoms with van der Waals surface area (Å²) in [5.41, 5.74) is 0.909. The molecule has 0 aliphatic heterocycles. The Bertz CT molecular complexity index is 599. The van der Waals surface area contributed by atoms with Crippen LogP contribution in [0.2, 0.25) is 0 Å². The molecular formula is C10H12N2O2S. The number of para-hydroxylation sites is 1. The van der Waals surface area contributed by atoms with E-state index < -0.39 is 10.0 Å². The predicted molar refractivity (Wildman–Crippen MR) is 59.2 cm³/mol. The van der Waals surface area contributed by atoms with Crippen LogP contribution in [0.15, 0.2) is 35.4 Å². The molecular weight excluding hydrogens is 212 g/mol. The maximum absolute atomic E-state index is 11.7. The molecule has 1 N–H and O–H groups in total. The molecule has 0 unspecified atom stereocenters. The van der Waals surface area contributed by atoms with Crippen LogP contribution in [0.1, 0.15) is 0 Å². The summed E-state index contributed by atoms with van der Waals surface area (Å²) >= 11 is 0. The van der Waals surface area contributed by atoms with E-state index in [4.69, 9.17) is 0 Å². The first-order chi connectivity index (χ1) is 7.06. The smallest absolute Gasteiger partial charge is 0.242 e. The van der Waals surface area contributed by atoms with Gasteiger partial charge in [-0.15, -0.1) is 0 Å². The lowest BCUT2D eigenvalue weighted by Gasteiger charge is -1.98. The second-order valence-corrected chi connectivity index (χ2v) is 5.18. The van der Waals surface area contributed by atoms with E-state index in [1.54, 1.807) is 16.8 Å². The lowest BCUT2D eigenvalue weighted by Crippen LogP contribution is -2.18. The highest BCUT2D eigenvalue weighted by molar-refractivity contribution is 7.89. The number of rotatable bonds is 2. The molecule has 0 aliphatic rings. The van der Waals surface area contributed by atoms with E-state index in [2.05, 4.69) is 4.72 Å². The van der Waals surface area contributed by atoms with Crippen LogP contribution in [-0.2, 0) is 17.1 Å². The summed E-state index contributed by atoms with van der Waals surface area (Å²) in [4.78, 5) is 0.322. The normalized spacial score (nSPS) is 12.1. The fourth-order valence-corrected chi connectivity index (χ4v) is 2.61. The number of aryl methyl sites for hydroxylation is 1. The summed E-state index contributed by atoms with van der Waals surface area (Å²) in [6, 6.07) is 7.42. The Morgan fingerprint density at radius 1 is 1.27 bits per heavy atom. The van der Waals surface area contributed by atoms with Crippen LogP contribution in [-0.4, -0.2) is 20.0 Å². The fourth-order valence-electron chi connectivity index (χ4n) is 1.63. The van der Waals surface area contributed by atoms with Gasteiger partial charge in [-0.25, -0.2) is 13.1 Å². The highest BCUT2D eigenvalue weighted by Crippen LogP contribution is 2.23. The zero-order chi connectivity index (χ0) is 11.1. The first-order valence-corrected chi connectivity index (χ1v) is 6.02. The van der Waals surface area contributed by atoms with E-state index in [0.29, 0.717) is 4.90 Å². The topological polar surface area (TPSA) is 51.1 Å². The number of nitrogens with one attached hydrogen (secondary N) is 1. The quantitative estimate of drug-likeness (QED) is 0.830. The largest absolute Gasteiger partial charge is 0.349 e. The van der Waals surface area contributed by atoms with Crippen LogP contribution in [0, 0.1) is 0 Å². The molecule has 1 aromatic heterocycles. The highest BCUT2D eigenvalue weighted by Gasteiger charge is 2.17. The van der Waals surface area contributed by atoms with Crippen molar-refractivity contribution in [1.82, 2.24) is 9.29 Å². The maximum Gasteiger partial charge on any atom is 0.242 e. The SMILES string of the molecule is CNS(=O)(=O)c1cn(C)c2ccccc12. The number of nitrogens with zero attached hydrogens (tertiary/aromatic N) is 1. The second kappa shape index (κ2) is 3.36. The molecule has 15 heavy (non-hydrogen) atoms. The van der Waals surface area contributed by atoms with Crippen molar-refractivity contribution < 1.29 is 8.42 Å². The minimum absolute atomic E-state index is 0.322. The monoisotopic (exact) mass is 224 g/mol. The van der Waals surface area contributed by atoms with Crippen LogP contribution in [0.4, 0.5) is 0 Å². The van der Waals surface area contributed by atoms with Gasteiger partial charge < -0.3 is 4.57 Å². The minimum Gasteiger partial charge on any atom is -0.349 e. The molecule has 2 rings (SSSR count). The number of hydrogen-bond donors (Lipinski definition) is 1. The molecule has 2 aromatic rings. The van der Waals surface area contributed by atoms with Crippen LogP contribution in [0.3, 0.4) is 0 Å². The van der Waals surface area contributed by atoms with Crippen molar-refractivity contribution in [2.75, 3.05) is 7.05 Å². The average Bonchev–Trinajstić information content (AvgIpc) is 2.58. The van der Waals surface area contributed by atoms with Crippen molar-refractivity contribution in [3.8, 4) is 0 Å². The molecule has 0 bridgehead atoms. The van der Waals surface area contributed by atoms with E-state index in [-0.39, 0.29) is 0 Å². The van der Waals surface area contributed by atoms with Gasteiger partial charge >= 0.3 is 0 Å². The van der Waals surface area contributed by atoms with Crippen molar-refractivity contribution in [3.63, 3.8) is 0 Å². The summed E-state index contributed by atoms with van der Waals surface area (Å²) in [6.45, 7) is 0. The van der Waals surface area contributed by atoms with Crippen LogP contribution in [0.5, 0.6) is 0 Å². The third-order valence-corrected chi connectivity index (χ3v) is 3.86. The molecule has 0 radical (unpaired) electrons. The summed E-state index contributed by atoms with van der Waals surface area (Å²) < 4.78 is 27.5. The molecule has 80 valence electrons. The predicted octanol–water partition coefficient (Wildman–Crippen LogP) is 1.09. The first kappa shape index (κ1) is 10.2. The number of fused-ring (bicyclic) bond motifs is 1. The molecule has 1 heterocycles. The Labute approximate surface area is 88.6 Å². The minimum atomic E-state index is -3.37. The van der Waals surface area contributed by atoms with Crippen LogP contribution >= 0.6 is 0 Å². The van der Waals surface area contributed by atoms with Gasteiger partial charge in [0.1, 0.15) is 4.90 Å². The molecule has 0 saturated carbocycles. The zero-order valence-corrected chi connectivity index (χ0v) is 9.38. The van der Waals surface area contributed by atoms with Crippen LogP contribution in [0.25, 0.3) is 10.9 Å². The zero-order valence-electron chi connectivity index (χ0n) is 8.56. The molecule has 0 saturated heterocycles. The summed E-state index contributed by atoms with van der Waals surface area (Å²) in [5, 5.41) is 0.745. The number of sulfonamides is 1. The fraction of sp³-hybridized carbons (Fsp3) is 0.200. The summed E-state index contributed by atoms with van der Waals surface area (Å²) in [5.74, 6) is 0. The Balaban J connectivity index is 2.84. The molecule has 0 aliphatic carbocycles. The van der Waals surface area contributed by atoms with Gasteiger partial charge in [0.2, 0.25) is 10.0 Å². The van der Waals surface area contributed by atoms with Gasteiger partial charge in [0, 0.05) is 24.1 Å². The van der Waals surface area contributed by atoms with Crippen molar-refractivity contribution >= 4 is 20.9 Å². The number of hydrogen-bond acceptors (Lipinski definition) is 2. The molecule has 0 spiro atoms. The van der Waals surface area contributed by atoms with E-state index in [9.17, 15) is 8.42 Å². The van der Waals surface area contributed by atoms with Gasteiger partial charge in [0.25, 0.3) is 0 Å². The van der Waals surface area contributed by atoms with Crippen molar-refractivity contribution in [3.05, 3.63) is 30.5 Å². The molecule has 0 amide bonds. The third-order valence-electron chi connectivity index (χ3n) is 2.42. The summed E-state index contributed by atoms with van der Waals surface area (Å²) in [6.07, 6.45) is 1.62. The molecule has 4 nitrogen and oxygen atoms in total. The Morgan fingerprint density at radius 3 is 2.60 bits per heavy atom. The van der Waals surface area contributed by atoms with Crippen molar-refractivity contribution in [2.45, 2.75) is 4.90 Å². The maximum atomic E-state index is 11.7. The molecule has 5 heteroatoms.